The molecule has 0 spiro atoms. The van der Waals surface area contributed by atoms with Crippen molar-refractivity contribution in [2.45, 2.75) is 38.1 Å². The van der Waals surface area contributed by atoms with Crippen LogP contribution >= 0.6 is 0 Å². The zero-order valence-electron chi connectivity index (χ0n) is 12.8. The second kappa shape index (κ2) is 6.79. The number of hydrogen-bond acceptors (Lipinski definition) is 2. The molecule has 1 aliphatic carbocycles. The van der Waals surface area contributed by atoms with Crippen LogP contribution in [0.3, 0.4) is 0 Å². The van der Waals surface area contributed by atoms with Crippen LogP contribution in [-0.2, 0) is 6.42 Å². The molecule has 0 amide bonds. The Balaban J connectivity index is 1.69. The summed E-state index contributed by atoms with van der Waals surface area (Å²) >= 11 is 0. The Labute approximate surface area is 131 Å². The molecule has 22 heavy (non-hydrogen) atoms. The second-order valence-electron chi connectivity index (χ2n) is 5.90. The summed E-state index contributed by atoms with van der Waals surface area (Å²) in [5.41, 5.74) is 17.5. The van der Waals surface area contributed by atoms with Crippen molar-refractivity contribution in [1.82, 2.24) is 10.4 Å². The van der Waals surface area contributed by atoms with E-state index in [0.29, 0.717) is 5.96 Å². The fourth-order valence-corrected chi connectivity index (χ4v) is 3.19. The van der Waals surface area contributed by atoms with Gasteiger partial charge in [0.2, 0.25) is 11.9 Å². The van der Waals surface area contributed by atoms with Crippen LogP contribution in [0.2, 0.25) is 0 Å². The third-order valence-electron chi connectivity index (χ3n) is 4.24. The van der Waals surface area contributed by atoms with Crippen molar-refractivity contribution in [1.29, 1.82) is 0 Å². The first-order valence-corrected chi connectivity index (χ1v) is 7.99. The zero-order chi connectivity index (χ0) is 15.4. The minimum Gasteiger partial charge on any atom is -0.368 e. The third kappa shape index (κ3) is 3.57. The van der Waals surface area contributed by atoms with Crippen molar-refractivity contribution in [3.05, 3.63) is 35.4 Å². The normalized spacial score (nSPS) is 23.4. The number of hydrazine groups is 1. The number of nitrogens with two attached hydrogens (primary N) is 2. The fourth-order valence-electron chi connectivity index (χ4n) is 3.19. The number of aryl methyl sites for hydroxylation is 1. The number of hydrogen-bond donors (Lipinski definition) is 3. The molecule has 0 bridgehead atoms. The minimum absolute atomic E-state index is 0.0910. The van der Waals surface area contributed by atoms with Crippen LogP contribution in [0.25, 0.3) is 0 Å². The molecule has 1 aromatic rings. The predicted octanol–water partition coefficient (Wildman–Crippen LogP) is 1.29. The van der Waals surface area contributed by atoms with Crippen molar-refractivity contribution in [3.63, 3.8) is 0 Å². The van der Waals surface area contributed by atoms with Gasteiger partial charge in [0.15, 0.2) is 0 Å². The Morgan fingerprint density at radius 2 is 1.91 bits per heavy atom. The molecule has 1 saturated heterocycles. The standard InChI is InChI=1S/C16H24N6/c17-15(20-16(18)21-22-10-3-4-11-22)19-14-9-5-7-12-6-1-2-8-13(12)14/h1-2,6,8,14H,3-5,7,9-11H2,(H5,17,18,19,20,21). The van der Waals surface area contributed by atoms with Gasteiger partial charge < -0.3 is 11.5 Å². The van der Waals surface area contributed by atoms with Gasteiger partial charge in [-0.15, -0.1) is 0 Å². The molecular formula is C16H24N6. The molecule has 6 heteroatoms. The maximum atomic E-state index is 5.96. The molecule has 0 aromatic heterocycles. The van der Waals surface area contributed by atoms with Crippen LogP contribution in [0.15, 0.2) is 34.3 Å². The Kier molecular flexibility index (Phi) is 4.58. The summed E-state index contributed by atoms with van der Waals surface area (Å²) in [4.78, 5) is 8.74. The molecule has 5 N–H and O–H groups in total. The van der Waals surface area contributed by atoms with Crippen molar-refractivity contribution in [2.75, 3.05) is 13.1 Å². The SMILES string of the molecule is NC(=NC1CCCc2ccccc21)N=C(N)NN1CCCC1. The Morgan fingerprint density at radius 3 is 2.73 bits per heavy atom. The average Bonchev–Trinajstić information content (AvgIpc) is 3.00. The minimum atomic E-state index is 0.0910. The summed E-state index contributed by atoms with van der Waals surface area (Å²) in [6.45, 7) is 1.98. The van der Waals surface area contributed by atoms with Gasteiger partial charge in [-0.2, -0.15) is 4.99 Å². The number of benzene rings is 1. The summed E-state index contributed by atoms with van der Waals surface area (Å²) in [6.07, 6.45) is 5.62. The van der Waals surface area contributed by atoms with Crippen LogP contribution in [0, 0.1) is 0 Å². The number of nitrogens with zero attached hydrogens (tertiary/aromatic N) is 3. The van der Waals surface area contributed by atoms with E-state index in [9.17, 15) is 0 Å². The van der Waals surface area contributed by atoms with Crippen LogP contribution < -0.4 is 16.9 Å². The van der Waals surface area contributed by atoms with Crippen LogP contribution in [0.5, 0.6) is 0 Å². The molecule has 2 aliphatic rings. The average molecular weight is 300 g/mol. The first-order valence-electron chi connectivity index (χ1n) is 7.99. The smallest absolute Gasteiger partial charge is 0.219 e. The highest BCUT2D eigenvalue weighted by atomic mass is 15.5. The van der Waals surface area contributed by atoms with Gasteiger partial charge in [-0.05, 0) is 43.2 Å². The molecular weight excluding hydrogens is 276 g/mol. The number of guanidine groups is 2. The van der Waals surface area contributed by atoms with Gasteiger partial charge in [-0.25, -0.2) is 10.0 Å². The molecule has 1 heterocycles. The van der Waals surface area contributed by atoms with E-state index in [1.807, 2.05) is 0 Å². The van der Waals surface area contributed by atoms with Gasteiger partial charge in [0.05, 0.1) is 6.04 Å². The summed E-state index contributed by atoms with van der Waals surface area (Å²) in [5, 5.41) is 2.06. The van der Waals surface area contributed by atoms with Gasteiger partial charge in [-0.1, -0.05) is 24.3 Å². The molecule has 0 saturated carbocycles. The van der Waals surface area contributed by atoms with Crippen molar-refractivity contribution in [3.8, 4) is 0 Å². The van der Waals surface area contributed by atoms with E-state index in [0.717, 1.165) is 32.4 Å². The lowest BCUT2D eigenvalue weighted by Crippen LogP contribution is -2.45. The van der Waals surface area contributed by atoms with E-state index in [4.69, 9.17) is 11.5 Å². The summed E-state index contributed by atoms with van der Waals surface area (Å²) < 4.78 is 0. The van der Waals surface area contributed by atoms with E-state index >= 15 is 0 Å². The molecule has 1 unspecified atom stereocenters. The lowest BCUT2D eigenvalue weighted by molar-refractivity contribution is 0.294. The van der Waals surface area contributed by atoms with Crippen molar-refractivity contribution < 1.29 is 0 Å². The quantitative estimate of drug-likeness (QED) is 0.567. The van der Waals surface area contributed by atoms with Crippen molar-refractivity contribution in [2.24, 2.45) is 21.5 Å². The molecule has 1 aliphatic heterocycles. The number of rotatable bonds is 2. The summed E-state index contributed by atoms with van der Waals surface area (Å²) in [5.74, 6) is 0.554. The monoisotopic (exact) mass is 300 g/mol. The summed E-state index contributed by atoms with van der Waals surface area (Å²) in [6, 6.07) is 8.51. The van der Waals surface area contributed by atoms with Crippen LogP contribution in [-0.4, -0.2) is 30.0 Å². The number of fused-ring (bicyclic) bond motifs is 1. The maximum absolute atomic E-state index is 5.96. The predicted molar refractivity (Wildman–Crippen MR) is 89.3 cm³/mol. The first kappa shape index (κ1) is 14.8. The van der Waals surface area contributed by atoms with Crippen molar-refractivity contribution >= 4 is 11.9 Å². The molecule has 3 rings (SSSR count). The lowest BCUT2D eigenvalue weighted by atomic mass is 9.88. The number of aliphatic imine (C=N–C) groups is 2. The third-order valence-corrected chi connectivity index (χ3v) is 4.24. The van der Waals surface area contributed by atoms with E-state index in [1.165, 1.54) is 24.0 Å². The number of nitrogens with one attached hydrogen (secondary N) is 1. The highest BCUT2D eigenvalue weighted by molar-refractivity contribution is 5.93. The topological polar surface area (TPSA) is 92.0 Å². The lowest BCUT2D eigenvalue weighted by Gasteiger charge is -2.22. The maximum Gasteiger partial charge on any atom is 0.219 e. The van der Waals surface area contributed by atoms with E-state index in [1.54, 1.807) is 0 Å². The van der Waals surface area contributed by atoms with Gasteiger partial charge in [-0.3, -0.25) is 5.43 Å². The van der Waals surface area contributed by atoms with E-state index < -0.39 is 0 Å². The molecule has 6 nitrogen and oxygen atoms in total. The van der Waals surface area contributed by atoms with Gasteiger partial charge >= 0.3 is 0 Å². The van der Waals surface area contributed by atoms with Crippen LogP contribution in [0.1, 0.15) is 42.9 Å². The first-order chi connectivity index (χ1) is 10.7. The van der Waals surface area contributed by atoms with Gasteiger partial charge in [0, 0.05) is 13.1 Å². The van der Waals surface area contributed by atoms with Crippen LogP contribution in [0.4, 0.5) is 0 Å². The molecule has 0 radical (unpaired) electrons. The van der Waals surface area contributed by atoms with E-state index in [-0.39, 0.29) is 12.0 Å². The van der Waals surface area contributed by atoms with Gasteiger partial charge in [0.1, 0.15) is 0 Å². The summed E-state index contributed by atoms with van der Waals surface area (Å²) in [7, 11) is 0. The molecule has 1 atom stereocenters. The highest BCUT2D eigenvalue weighted by Crippen LogP contribution is 2.32. The Hall–Kier alpha value is -2.08. The molecule has 1 aromatic carbocycles. The highest BCUT2D eigenvalue weighted by Gasteiger charge is 2.19. The zero-order valence-corrected chi connectivity index (χ0v) is 12.8. The molecule has 1 fully saturated rings. The fraction of sp³-hybridized carbons (Fsp3) is 0.500. The Morgan fingerprint density at radius 1 is 1.14 bits per heavy atom. The molecule has 118 valence electrons. The largest absolute Gasteiger partial charge is 0.368 e. The Bertz CT molecular complexity index is 574. The van der Waals surface area contributed by atoms with E-state index in [2.05, 4.69) is 44.7 Å². The second-order valence-corrected chi connectivity index (χ2v) is 5.90. The van der Waals surface area contributed by atoms with Gasteiger partial charge in [0.25, 0.3) is 0 Å².